The number of aromatic nitrogens is 3. The summed E-state index contributed by atoms with van der Waals surface area (Å²) in [6, 6.07) is 5.12. The predicted molar refractivity (Wildman–Crippen MR) is 79.9 cm³/mol. The van der Waals surface area contributed by atoms with E-state index in [1.165, 1.54) is 6.20 Å². The van der Waals surface area contributed by atoms with E-state index in [-0.39, 0.29) is 11.4 Å². The molecule has 0 radical (unpaired) electrons. The first-order valence-electron chi connectivity index (χ1n) is 6.29. The molecule has 2 heterocycles. The van der Waals surface area contributed by atoms with Gasteiger partial charge in [0.25, 0.3) is 0 Å². The number of aryl methyl sites for hydroxylation is 1. The third-order valence-electron chi connectivity index (χ3n) is 3.18. The summed E-state index contributed by atoms with van der Waals surface area (Å²) in [7, 11) is -1.84. The van der Waals surface area contributed by atoms with E-state index in [9.17, 15) is 8.42 Å². The normalized spacial score (nSPS) is 12.0. The Balaban J connectivity index is 1.91. The zero-order valence-electron chi connectivity index (χ0n) is 11.4. The fraction of sp³-hybridized carbons (Fsp3) is 0.154. The van der Waals surface area contributed by atoms with Crippen LogP contribution in [-0.4, -0.2) is 23.2 Å². The molecular weight excluding hydrogens is 290 g/mol. The van der Waals surface area contributed by atoms with Gasteiger partial charge in [0.2, 0.25) is 10.0 Å². The smallest absolute Gasteiger partial charge is 0.242 e. The molecule has 8 heteroatoms. The summed E-state index contributed by atoms with van der Waals surface area (Å²) < 4.78 is 29.0. The van der Waals surface area contributed by atoms with Gasteiger partial charge in [-0.2, -0.15) is 5.10 Å². The Hall–Kier alpha value is -2.32. The van der Waals surface area contributed by atoms with Crippen LogP contribution in [0, 0.1) is 0 Å². The summed E-state index contributed by atoms with van der Waals surface area (Å²) in [4.78, 5) is 3.12. The third kappa shape index (κ3) is 2.63. The van der Waals surface area contributed by atoms with Crippen molar-refractivity contribution in [2.75, 3.05) is 5.73 Å². The maximum Gasteiger partial charge on any atom is 0.242 e. The number of nitrogens with two attached hydrogens (primary N) is 1. The number of aromatic amines is 1. The summed E-state index contributed by atoms with van der Waals surface area (Å²) in [5.74, 6) is 0. The van der Waals surface area contributed by atoms with Crippen molar-refractivity contribution in [3.05, 3.63) is 42.4 Å². The Morgan fingerprint density at radius 1 is 1.43 bits per heavy atom. The molecule has 0 spiro atoms. The molecule has 2 aromatic heterocycles. The number of fused-ring (bicyclic) bond motifs is 1. The number of nitrogens with zero attached hydrogens (tertiary/aromatic N) is 2. The van der Waals surface area contributed by atoms with Gasteiger partial charge in [-0.15, -0.1) is 0 Å². The molecule has 0 aliphatic heterocycles. The zero-order chi connectivity index (χ0) is 15.0. The number of benzene rings is 1. The maximum atomic E-state index is 12.4. The van der Waals surface area contributed by atoms with Crippen LogP contribution < -0.4 is 10.5 Å². The second-order valence-electron chi connectivity index (χ2n) is 4.80. The molecule has 0 aliphatic carbocycles. The molecule has 0 atom stereocenters. The van der Waals surface area contributed by atoms with E-state index in [1.54, 1.807) is 42.3 Å². The van der Waals surface area contributed by atoms with Crippen LogP contribution in [0.1, 0.15) is 5.56 Å². The van der Waals surface area contributed by atoms with Gasteiger partial charge in [-0.3, -0.25) is 4.68 Å². The quantitative estimate of drug-likeness (QED) is 0.624. The lowest BCUT2D eigenvalue weighted by Crippen LogP contribution is -2.22. The first-order chi connectivity index (χ1) is 9.95. The topological polar surface area (TPSA) is 106 Å². The van der Waals surface area contributed by atoms with Gasteiger partial charge in [-0.05, 0) is 18.2 Å². The predicted octanol–water partition coefficient (Wildman–Crippen LogP) is 0.962. The van der Waals surface area contributed by atoms with Crippen LogP contribution in [0.25, 0.3) is 10.9 Å². The highest BCUT2D eigenvalue weighted by Crippen LogP contribution is 2.24. The minimum absolute atomic E-state index is 0.186. The van der Waals surface area contributed by atoms with Gasteiger partial charge in [-0.25, -0.2) is 13.1 Å². The molecule has 0 saturated heterocycles. The number of hydrogen-bond acceptors (Lipinski definition) is 4. The van der Waals surface area contributed by atoms with Crippen molar-refractivity contribution in [2.45, 2.75) is 11.4 Å². The zero-order valence-corrected chi connectivity index (χ0v) is 12.2. The summed E-state index contributed by atoms with van der Waals surface area (Å²) in [5, 5.41) is 4.58. The number of rotatable bonds is 4. The van der Waals surface area contributed by atoms with E-state index in [1.807, 2.05) is 0 Å². The summed E-state index contributed by atoms with van der Waals surface area (Å²) in [5.41, 5.74) is 7.76. The average Bonchev–Trinajstić information content (AvgIpc) is 3.02. The molecule has 0 unspecified atom stereocenters. The molecule has 1 aromatic carbocycles. The van der Waals surface area contributed by atoms with E-state index in [4.69, 9.17) is 5.73 Å². The van der Waals surface area contributed by atoms with E-state index in [0.717, 1.165) is 11.1 Å². The van der Waals surface area contributed by atoms with Crippen molar-refractivity contribution >= 4 is 26.6 Å². The van der Waals surface area contributed by atoms with Crippen molar-refractivity contribution in [2.24, 2.45) is 7.05 Å². The van der Waals surface area contributed by atoms with Gasteiger partial charge in [-0.1, -0.05) is 0 Å². The molecule has 3 aromatic rings. The molecule has 4 N–H and O–H groups in total. The van der Waals surface area contributed by atoms with E-state index in [2.05, 4.69) is 14.8 Å². The van der Waals surface area contributed by atoms with Crippen LogP contribution in [0.3, 0.4) is 0 Å². The standard InChI is InChI=1S/C13H15N5O2S/c1-18-8-9(5-16-18)6-17-21(19,20)13-7-15-12-3-2-10(14)4-11(12)13/h2-5,7-8,15,17H,6,14H2,1H3. The Morgan fingerprint density at radius 3 is 2.95 bits per heavy atom. The lowest BCUT2D eigenvalue weighted by atomic mass is 10.2. The van der Waals surface area contributed by atoms with Crippen LogP contribution in [0.2, 0.25) is 0 Å². The number of hydrogen-bond donors (Lipinski definition) is 3. The highest BCUT2D eigenvalue weighted by Gasteiger charge is 2.19. The van der Waals surface area contributed by atoms with E-state index >= 15 is 0 Å². The summed E-state index contributed by atoms with van der Waals surface area (Å²) >= 11 is 0. The number of sulfonamides is 1. The first kappa shape index (κ1) is 13.7. The molecule has 7 nitrogen and oxygen atoms in total. The molecule has 0 aliphatic rings. The van der Waals surface area contributed by atoms with E-state index in [0.29, 0.717) is 11.1 Å². The Bertz CT molecular complexity index is 894. The van der Waals surface area contributed by atoms with Gasteiger partial charge in [0.1, 0.15) is 4.90 Å². The largest absolute Gasteiger partial charge is 0.399 e. The average molecular weight is 305 g/mol. The van der Waals surface area contributed by atoms with Crippen LogP contribution in [0.5, 0.6) is 0 Å². The van der Waals surface area contributed by atoms with Crippen molar-refractivity contribution in [1.82, 2.24) is 19.5 Å². The van der Waals surface area contributed by atoms with Gasteiger partial charge in [0.05, 0.1) is 6.20 Å². The molecule has 0 amide bonds. The highest BCUT2D eigenvalue weighted by atomic mass is 32.2. The van der Waals surface area contributed by atoms with Crippen molar-refractivity contribution in [1.29, 1.82) is 0 Å². The fourth-order valence-electron chi connectivity index (χ4n) is 2.15. The van der Waals surface area contributed by atoms with Crippen LogP contribution in [0.4, 0.5) is 5.69 Å². The summed E-state index contributed by atoms with van der Waals surface area (Å²) in [6.07, 6.45) is 4.85. The summed E-state index contributed by atoms with van der Waals surface area (Å²) in [6.45, 7) is 0.186. The van der Waals surface area contributed by atoms with E-state index < -0.39 is 10.0 Å². The Morgan fingerprint density at radius 2 is 2.24 bits per heavy atom. The van der Waals surface area contributed by atoms with Crippen LogP contribution in [-0.2, 0) is 23.6 Å². The van der Waals surface area contributed by atoms with Gasteiger partial charge in [0.15, 0.2) is 0 Å². The lowest BCUT2D eigenvalue weighted by Gasteiger charge is -2.04. The highest BCUT2D eigenvalue weighted by molar-refractivity contribution is 7.89. The van der Waals surface area contributed by atoms with Crippen molar-refractivity contribution in [3.63, 3.8) is 0 Å². The number of anilines is 1. The van der Waals surface area contributed by atoms with Gasteiger partial charge >= 0.3 is 0 Å². The fourth-order valence-corrected chi connectivity index (χ4v) is 3.34. The minimum Gasteiger partial charge on any atom is -0.399 e. The molecule has 0 saturated carbocycles. The molecule has 110 valence electrons. The number of nitrogen functional groups attached to an aromatic ring is 1. The monoisotopic (exact) mass is 305 g/mol. The SMILES string of the molecule is Cn1cc(CNS(=O)(=O)c2c[nH]c3ccc(N)cc23)cn1. The van der Waals surface area contributed by atoms with Crippen LogP contribution in [0.15, 0.2) is 41.7 Å². The first-order valence-corrected chi connectivity index (χ1v) is 7.78. The number of nitrogens with one attached hydrogen (secondary N) is 2. The second kappa shape index (κ2) is 4.90. The minimum atomic E-state index is -3.62. The van der Waals surface area contributed by atoms with Crippen molar-refractivity contribution < 1.29 is 8.42 Å². The lowest BCUT2D eigenvalue weighted by molar-refractivity contribution is 0.582. The molecular formula is C13H15N5O2S. The Kier molecular flexibility index (Phi) is 3.19. The van der Waals surface area contributed by atoms with Gasteiger partial charge in [0, 0.05) is 48.1 Å². The molecule has 21 heavy (non-hydrogen) atoms. The maximum absolute atomic E-state index is 12.4. The molecule has 0 bridgehead atoms. The van der Waals surface area contributed by atoms with Crippen LogP contribution >= 0.6 is 0 Å². The van der Waals surface area contributed by atoms with Gasteiger partial charge < -0.3 is 10.7 Å². The molecule has 0 fully saturated rings. The van der Waals surface area contributed by atoms with Crippen molar-refractivity contribution in [3.8, 4) is 0 Å². The molecule has 3 rings (SSSR count). The Labute approximate surface area is 121 Å². The second-order valence-corrected chi connectivity index (χ2v) is 6.54. The third-order valence-corrected chi connectivity index (χ3v) is 4.62. The number of H-pyrrole nitrogens is 1.